The lowest BCUT2D eigenvalue weighted by Gasteiger charge is -2.27. The van der Waals surface area contributed by atoms with E-state index >= 15 is 0 Å². The number of nitrogens with zero attached hydrogens (tertiary/aromatic N) is 4. The summed E-state index contributed by atoms with van der Waals surface area (Å²) in [6.45, 7) is 1.44. The third-order valence-electron chi connectivity index (χ3n) is 5.01. The van der Waals surface area contributed by atoms with Crippen molar-refractivity contribution >= 4 is 5.91 Å². The molecular weight excluding hydrogens is 356 g/mol. The summed E-state index contributed by atoms with van der Waals surface area (Å²) in [6, 6.07) is 15.4. The first-order valence-electron chi connectivity index (χ1n) is 9.21. The molecule has 0 fully saturated rings. The van der Waals surface area contributed by atoms with Crippen molar-refractivity contribution in [1.29, 1.82) is 0 Å². The van der Waals surface area contributed by atoms with Gasteiger partial charge in [0.05, 0.1) is 19.8 Å². The van der Waals surface area contributed by atoms with Crippen molar-refractivity contribution in [2.45, 2.75) is 25.6 Å². The van der Waals surface area contributed by atoms with Crippen LogP contribution in [0.2, 0.25) is 0 Å². The Morgan fingerprint density at radius 1 is 1.18 bits per heavy atom. The number of fused-ring (bicyclic) bond motifs is 1. The minimum absolute atomic E-state index is 0.154. The fourth-order valence-electron chi connectivity index (χ4n) is 3.40. The SMILES string of the molecule is COc1ccc([C@H](O)Cn2cnc(C(=O)N3CCc4ccccc4C3)n2)cc1. The minimum atomic E-state index is -0.752. The van der Waals surface area contributed by atoms with Gasteiger partial charge < -0.3 is 14.7 Å². The maximum Gasteiger partial charge on any atom is 0.293 e. The zero-order valence-corrected chi connectivity index (χ0v) is 15.7. The van der Waals surface area contributed by atoms with Crippen molar-refractivity contribution in [1.82, 2.24) is 19.7 Å². The molecule has 0 aliphatic carbocycles. The van der Waals surface area contributed by atoms with Crippen molar-refractivity contribution in [2.24, 2.45) is 0 Å². The van der Waals surface area contributed by atoms with Crippen LogP contribution < -0.4 is 4.74 Å². The lowest BCUT2D eigenvalue weighted by Crippen LogP contribution is -2.36. The highest BCUT2D eigenvalue weighted by Crippen LogP contribution is 2.21. The molecule has 1 N–H and O–H groups in total. The molecule has 7 heteroatoms. The number of carbonyl (C=O) groups is 1. The first kappa shape index (κ1) is 18.2. The van der Waals surface area contributed by atoms with Gasteiger partial charge in [-0.3, -0.25) is 4.79 Å². The van der Waals surface area contributed by atoms with Gasteiger partial charge in [-0.05, 0) is 35.2 Å². The summed E-state index contributed by atoms with van der Waals surface area (Å²) in [5.74, 6) is 0.696. The maximum absolute atomic E-state index is 12.8. The molecule has 2 heterocycles. The highest BCUT2D eigenvalue weighted by atomic mass is 16.5. The van der Waals surface area contributed by atoms with Crippen LogP contribution in [0.4, 0.5) is 0 Å². The van der Waals surface area contributed by atoms with E-state index in [2.05, 4.69) is 16.1 Å². The summed E-state index contributed by atoms with van der Waals surface area (Å²) >= 11 is 0. The first-order valence-corrected chi connectivity index (χ1v) is 9.21. The van der Waals surface area contributed by atoms with Crippen LogP contribution in [0, 0.1) is 0 Å². The van der Waals surface area contributed by atoms with E-state index in [0.29, 0.717) is 13.1 Å². The Kier molecular flexibility index (Phi) is 5.08. The van der Waals surface area contributed by atoms with Crippen LogP contribution >= 0.6 is 0 Å². The van der Waals surface area contributed by atoms with Crippen molar-refractivity contribution in [3.63, 3.8) is 0 Å². The Hall–Kier alpha value is -3.19. The first-order chi connectivity index (χ1) is 13.6. The normalized spacial score (nSPS) is 14.4. The van der Waals surface area contributed by atoms with Crippen LogP contribution in [0.5, 0.6) is 5.75 Å². The molecule has 7 nitrogen and oxygen atoms in total. The molecule has 1 aliphatic heterocycles. The zero-order chi connectivity index (χ0) is 19.5. The Morgan fingerprint density at radius 2 is 1.93 bits per heavy atom. The molecule has 0 saturated heterocycles. The summed E-state index contributed by atoms with van der Waals surface area (Å²) in [5.41, 5.74) is 3.20. The molecule has 0 bridgehead atoms. The number of ether oxygens (including phenoxy) is 1. The van der Waals surface area contributed by atoms with Gasteiger partial charge in [0.15, 0.2) is 0 Å². The van der Waals surface area contributed by atoms with E-state index in [9.17, 15) is 9.90 Å². The van der Waals surface area contributed by atoms with E-state index in [0.717, 1.165) is 23.3 Å². The number of rotatable bonds is 5. The minimum Gasteiger partial charge on any atom is -0.497 e. The van der Waals surface area contributed by atoms with Gasteiger partial charge in [-0.15, -0.1) is 5.10 Å². The number of aliphatic hydroxyl groups is 1. The van der Waals surface area contributed by atoms with E-state index in [-0.39, 0.29) is 18.3 Å². The van der Waals surface area contributed by atoms with Crippen LogP contribution in [-0.2, 0) is 19.5 Å². The average molecular weight is 378 g/mol. The van der Waals surface area contributed by atoms with E-state index in [1.165, 1.54) is 16.6 Å². The third-order valence-corrected chi connectivity index (χ3v) is 5.01. The summed E-state index contributed by atoms with van der Waals surface area (Å²) in [6.07, 6.45) is 1.56. The van der Waals surface area contributed by atoms with Crippen LogP contribution in [0.25, 0.3) is 0 Å². The molecule has 0 saturated carbocycles. The predicted octanol–water partition coefficient (Wildman–Crippen LogP) is 2.22. The van der Waals surface area contributed by atoms with Crippen molar-refractivity contribution in [3.05, 3.63) is 77.4 Å². The largest absolute Gasteiger partial charge is 0.497 e. The van der Waals surface area contributed by atoms with E-state index in [1.807, 2.05) is 18.2 Å². The second-order valence-corrected chi connectivity index (χ2v) is 6.82. The molecule has 1 atom stereocenters. The molecule has 2 aromatic carbocycles. The van der Waals surface area contributed by atoms with Crippen molar-refractivity contribution in [3.8, 4) is 5.75 Å². The number of aliphatic hydroxyl groups excluding tert-OH is 1. The second-order valence-electron chi connectivity index (χ2n) is 6.82. The Labute approximate surface area is 163 Å². The molecule has 3 aromatic rings. The number of benzene rings is 2. The average Bonchev–Trinajstić information content (AvgIpc) is 3.21. The number of aromatic nitrogens is 3. The fourth-order valence-corrected chi connectivity index (χ4v) is 3.40. The summed E-state index contributed by atoms with van der Waals surface area (Å²) in [7, 11) is 1.60. The van der Waals surface area contributed by atoms with Crippen LogP contribution in [0.15, 0.2) is 54.9 Å². The molecule has 28 heavy (non-hydrogen) atoms. The van der Waals surface area contributed by atoms with Gasteiger partial charge in [0, 0.05) is 13.1 Å². The molecule has 4 rings (SSSR count). The van der Waals surface area contributed by atoms with Gasteiger partial charge in [-0.25, -0.2) is 9.67 Å². The van der Waals surface area contributed by atoms with Crippen molar-refractivity contribution in [2.75, 3.05) is 13.7 Å². The zero-order valence-electron chi connectivity index (χ0n) is 15.7. The quantitative estimate of drug-likeness (QED) is 0.736. The Morgan fingerprint density at radius 3 is 2.68 bits per heavy atom. The van der Waals surface area contributed by atoms with Crippen LogP contribution in [0.3, 0.4) is 0 Å². The van der Waals surface area contributed by atoms with Crippen LogP contribution in [-0.4, -0.2) is 44.3 Å². The molecular formula is C21H22N4O3. The van der Waals surface area contributed by atoms with Gasteiger partial charge in [-0.1, -0.05) is 36.4 Å². The smallest absolute Gasteiger partial charge is 0.293 e. The number of methoxy groups -OCH3 is 1. The number of carbonyl (C=O) groups excluding carboxylic acids is 1. The predicted molar refractivity (Wildman–Crippen MR) is 103 cm³/mol. The van der Waals surface area contributed by atoms with Gasteiger partial charge in [0.1, 0.15) is 12.1 Å². The van der Waals surface area contributed by atoms with E-state index < -0.39 is 6.10 Å². The van der Waals surface area contributed by atoms with E-state index in [1.54, 1.807) is 36.3 Å². The molecule has 0 radical (unpaired) electrons. The number of amides is 1. The second kappa shape index (κ2) is 7.82. The summed E-state index contributed by atoms with van der Waals surface area (Å²) in [4.78, 5) is 18.7. The monoisotopic (exact) mass is 378 g/mol. The topological polar surface area (TPSA) is 80.5 Å². The molecule has 0 unspecified atom stereocenters. The van der Waals surface area contributed by atoms with E-state index in [4.69, 9.17) is 4.74 Å². The lowest BCUT2D eigenvalue weighted by molar-refractivity contribution is 0.0720. The number of hydrogen-bond donors (Lipinski definition) is 1. The molecule has 1 aliphatic rings. The van der Waals surface area contributed by atoms with Crippen molar-refractivity contribution < 1.29 is 14.6 Å². The Bertz CT molecular complexity index is 968. The van der Waals surface area contributed by atoms with Gasteiger partial charge in [0.25, 0.3) is 5.91 Å². The molecule has 1 amide bonds. The molecule has 0 spiro atoms. The third kappa shape index (κ3) is 3.75. The van der Waals surface area contributed by atoms with Gasteiger partial charge in [0.2, 0.25) is 5.82 Å². The molecule has 1 aromatic heterocycles. The summed E-state index contributed by atoms with van der Waals surface area (Å²) in [5, 5.41) is 14.7. The van der Waals surface area contributed by atoms with Gasteiger partial charge in [-0.2, -0.15) is 0 Å². The highest BCUT2D eigenvalue weighted by Gasteiger charge is 2.24. The molecule has 144 valence electrons. The van der Waals surface area contributed by atoms with Crippen LogP contribution in [0.1, 0.15) is 33.4 Å². The maximum atomic E-state index is 12.8. The highest BCUT2D eigenvalue weighted by molar-refractivity contribution is 5.90. The summed E-state index contributed by atoms with van der Waals surface area (Å²) < 4.78 is 6.63. The standard InChI is InChI=1S/C21H22N4O3/c1-28-18-8-6-16(7-9-18)19(26)13-25-14-22-20(23-25)21(27)24-11-10-15-4-2-3-5-17(15)12-24/h2-9,14,19,26H,10-13H2,1H3/t19-/m1/s1. The lowest BCUT2D eigenvalue weighted by atomic mass is 10.00. The number of hydrogen-bond acceptors (Lipinski definition) is 5. The Balaban J connectivity index is 1.41. The van der Waals surface area contributed by atoms with Gasteiger partial charge >= 0.3 is 0 Å². The fraction of sp³-hybridized carbons (Fsp3) is 0.286.